The number of aromatic amines is 2. The van der Waals surface area contributed by atoms with Crippen LogP contribution in [0, 0.1) is 0 Å². The molecule has 8 bridgehead atoms. The Bertz CT molecular complexity index is 2180. The molecule has 234 valence electrons. The fourth-order valence-electron chi connectivity index (χ4n) is 6.84. The van der Waals surface area contributed by atoms with Crippen LogP contribution >= 0.6 is 0 Å². The summed E-state index contributed by atoms with van der Waals surface area (Å²) in [6, 6.07) is 50.7. The fraction of sp³-hybridized carbons (Fsp3) is 0. The van der Waals surface area contributed by atoms with E-state index in [4.69, 9.17) is 9.97 Å². The van der Waals surface area contributed by atoms with Gasteiger partial charge in [-0.25, -0.2) is 9.97 Å². The van der Waals surface area contributed by atoms with Crippen molar-refractivity contribution in [1.29, 1.82) is 0 Å². The average Bonchev–Trinajstić information content (AvgIpc) is 3.98. The van der Waals surface area contributed by atoms with Gasteiger partial charge >= 0.3 is 20.4 Å². The SMILES string of the molecule is C1=Cc2nc1c(-c1ccccc1)c1ccc([nH]1)c(-c1ccccc1)c1nc(c(-c3ccccc3)c3ccc([nH]3)c2-c2ccccc2)C=C1.[Pd+2]. The molecule has 0 amide bonds. The normalized spacial score (nSPS) is 11.8. The molecule has 0 fully saturated rings. The summed E-state index contributed by atoms with van der Waals surface area (Å²) in [5.74, 6) is 0. The molecule has 0 atom stereocenters. The van der Waals surface area contributed by atoms with E-state index in [1.165, 1.54) is 0 Å². The molecule has 2 aliphatic rings. The van der Waals surface area contributed by atoms with Crippen molar-refractivity contribution in [3.05, 3.63) is 168 Å². The Morgan fingerprint density at radius 2 is 0.510 bits per heavy atom. The van der Waals surface area contributed by atoms with Crippen molar-refractivity contribution < 1.29 is 20.4 Å². The van der Waals surface area contributed by atoms with Crippen molar-refractivity contribution >= 4 is 46.4 Å². The molecule has 9 rings (SSSR count). The van der Waals surface area contributed by atoms with Gasteiger partial charge in [0.15, 0.2) is 0 Å². The summed E-state index contributed by atoms with van der Waals surface area (Å²) in [5, 5.41) is 0. The molecule has 0 saturated carbocycles. The van der Waals surface area contributed by atoms with Crippen LogP contribution < -0.4 is 0 Å². The van der Waals surface area contributed by atoms with Gasteiger partial charge in [0.05, 0.1) is 22.8 Å². The average molecular weight is 721 g/mol. The van der Waals surface area contributed by atoms with Gasteiger partial charge in [-0.15, -0.1) is 0 Å². The predicted molar refractivity (Wildman–Crippen MR) is 201 cm³/mol. The first-order valence-corrected chi connectivity index (χ1v) is 16.2. The summed E-state index contributed by atoms with van der Waals surface area (Å²) in [7, 11) is 0. The third-order valence-electron chi connectivity index (χ3n) is 9.00. The molecule has 5 heterocycles. The zero-order valence-corrected chi connectivity index (χ0v) is 27.9. The molecular weight excluding hydrogens is 691 g/mol. The van der Waals surface area contributed by atoms with Gasteiger partial charge in [0.2, 0.25) is 0 Å². The van der Waals surface area contributed by atoms with Crippen LogP contribution in [-0.2, 0) is 20.4 Å². The van der Waals surface area contributed by atoms with E-state index < -0.39 is 0 Å². The molecule has 0 aliphatic carbocycles. The number of nitrogens with zero attached hydrogens (tertiary/aromatic N) is 2. The minimum Gasteiger partial charge on any atom is -0.354 e. The Labute approximate surface area is 298 Å². The Balaban J connectivity index is 0.00000348. The number of hydrogen-bond acceptors (Lipinski definition) is 2. The van der Waals surface area contributed by atoms with Crippen LogP contribution in [0.4, 0.5) is 0 Å². The van der Waals surface area contributed by atoms with E-state index in [1.54, 1.807) is 0 Å². The van der Waals surface area contributed by atoms with E-state index in [1.807, 2.05) is 24.3 Å². The van der Waals surface area contributed by atoms with E-state index in [0.29, 0.717) is 0 Å². The Morgan fingerprint density at radius 1 is 0.286 bits per heavy atom. The smallest absolute Gasteiger partial charge is 0.354 e. The summed E-state index contributed by atoms with van der Waals surface area (Å²) in [6.45, 7) is 0. The van der Waals surface area contributed by atoms with E-state index >= 15 is 0 Å². The molecule has 0 spiro atoms. The van der Waals surface area contributed by atoms with Crippen molar-refractivity contribution in [1.82, 2.24) is 19.9 Å². The molecule has 4 aromatic carbocycles. The van der Waals surface area contributed by atoms with Gasteiger partial charge in [-0.05, 0) is 70.8 Å². The van der Waals surface area contributed by atoms with Crippen molar-refractivity contribution in [3.8, 4) is 44.5 Å². The van der Waals surface area contributed by atoms with Crippen LogP contribution in [0.5, 0.6) is 0 Å². The fourth-order valence-corrected chi connectivity index (χ4v) is 6.84. The van der Waals surface area contributed by atoms with Gasteiger partial charge in [-0.3, -0.25) is 0 Å². The number of rotatable bonds is 4. The molecule has 0 radical (unpaired) electrons. The largest absolute Gasteiger partial charge is 2.00 e. The van der Waals surface area contributed by atoms with E-state index in [-0.39, 0.29) is 20.4 Å². The second-order valence-corrected chi connectivity index (χ2v) is 12.0. The Hall–Kier alpha value is -5.86. The summed E-state index contributed by atoms with van der Waals surface area (Å²) >= 11 is 0. The van der Waals surface area contributed by atoms with Crippen LogP contribution in [0.25, 0.3) is 90.9 Å². The first-order valence-electron chi connectivity index (χ1n) is 16.2. The summed E-state index contributed by atoms with van der Waals surface area (Å²) < 4.78 is 0. The van der Waals surface area contributed by atoms with E-state index in [0.717, 1.165) is 89.4 Å². The molecule has 0 saturated heterocycles. The second kappa shape index (κ2) is 13.0. The molecule has 3 aromatic heterocycles. The first kappa shape index (κ1) is 30.5. The maximum atomic E-state index is 5.35. The maximum absolute atomic E-state index is 5.35. The molecule has 2 N–H and O–H groups in total. The minimum absolute atomic E-state index is 0. The Morgan fingerprint density at radius 3 is 0.735 bits per heavy atom. The minimum atomic E-state index is 0. The zero-order chi connectivity index (χ0) is 31.9. The van der Waals surface area contributed by atoms with E-state index in [2.05, 4.69) is 156 Å². The van der Waals surface area contributed by atoms with Crippen LogP contribution in [0.3, 0.4) is 0 Å². The van der Waals surface area contributed by atoms with Gasteiger partial charge in [0, 0.05) is 44.3 Å². The van der Waals surface area contributed by atoms with Crippen LogP contribution in [0.15, 0.2) is 146 Å². The third kappa shape index (κ3) is 5.60. The van der Waals surface area contributed by atoms with Crippen molar-refractivity contribution in [3.63, 3.8) is 0 Å². The molecule has 4 nitrogen and oxygen atoms in total. The number of hydrogen-bond donors (Lipinski definition) is 2. The maximum Gasteiger partial charge on any atom is 2.00 e. The number of H-pyrrole nitrogens is 2. The Kier molecular flexibility index (Phi) is 8.07. The molecule has 5 heteroatoms. The van der Waals surface area contributed by atoms with Gasteiger partial charge < -0.3 is 9.97 Å². The van der Waals surface area contributed by atoms with Crippen LogP contribution in [0.2, 0.25) is 0 Å². The van der Waals surface area contributed by atoms with Gasteiger partial charge in [-0.2, -0.15) is 0 Å². The standard InChI is InChI=1S/C44H30N4.Pd/c1-5-13-29(14-6-1)41-33-21-23-35(45-33)42(30-15-7-2-8-16-30)37-25-27-39(47-37)44(32-19-11-4-12-20-32)40-28-26-38(48-40)43(31-17-9-3-10-18-31)36-24-22-34(41)46-36;/h1-28,45,48H;/q;+2. The van der Waals surface area contributed by atoms with Gasteiger partial charge in [0.25, 0.3) is 0 Å². The first-order chi connectivity index (χ1) is 23.8. The topological polar surface area (TPSA) is 57.4 Å². The molecular formula is C44H30N4Pd+2. The van der Waals surface area contributed by atoms with E-state index in [9.17, 15) is 0 Å². The monoisotopic (exact) mass is 720 g/mol. The zero-order valence-electron chi connectivity index (χ0n) is 26.4. The van der Waals surface area contributed by atoms with Crippen LogP contribution in [0.1, 0.15) is 22.8 Å². The molecule has 49 heavy (non-hydrogen) atoms. The number of benzene rings is 4. The van der Waals surface area contributed by atoms with Crippen molar-refractivity contribution in [2.75, 3.05) is 0 Å². The predicted octanol–water partition coefficient (Wildman–Crippen LogP) is 11.3. The van der Waals surface area contributed by atoms with Gasteiger partial charge in [0.1, 0.15) is 0 Å². The molecule has 2 aliphatic heterocycles. The van der Waals surface area contributed by atoms with Crippen molar-refractivity contribution in [2.45, 2.75) is 0 Å². The quantitative estimate of drug-likeness (QED) is 0.178. The van der Waals surface area contributed by atoms with Gasteiger partial charge in [-0.1, -0.05) is 121 Å². The second-order valence-electron chi connectivity index (χ2n) is 12.0. The number of aromatic nitrogens is 4. The third-order valence-corrected chi connectivity index (χ3v) is 9.00. The number of fused-ring (bicyclic) bond motifs is 8. The van der Waals surface area contributed by atoms with Crippen LogP contribution in [-0.4, -0.2) is 19.9 Å². The van der Waals surface area contributed by atoms with Crippen molar-refractivity contribution in [2.24, 2.45) is 0 Å². The molecule has 0 unspecified atom stereocenters. The summed E-state index contributed by atoms with van der Waals surface area (Å²) in [6.07, 6.45) is 8.54. The summed E-state index contributed by atoms with van der Waals surface area (Å²) in [4.78, 5) is 18.3. The number of nitrogens with one attached hydrogen (secondary N) is 2. The molecule has 7 aromatic rings. The summed E-state index contributed by atoms with van der Waals surface area (Å²) in [5.41, 5.74) is 16.2.